The molecule has 2 aromatic rings. The highest BCUT2D eigenvalue weighted by Gasteiger charge is 2.49. The molecule has 1 fully saturated rings. The van der Waals surface area contributed by atoms with Crippen LogP contribution in [0.15, 0.2) is 12.7 Å². The minimum Gasteiger partial charge on any atom is -0.481 e. The number of nitrogens with zero attached hydrogens (tertiary/aromatic N) is 4. The lowest BCUT2D eigenvalue weighted by Gasteiger charge is -2.29. The Morgan fingerprint density at radius 3 is 2.34 bits per heavy atom. The van der Waals surface area contributed by atoms with Gasteiger partial charge in [-0.05, 0) is 12.0 Å². The number of nitrogens with one attached hydrogen (secondary N) is 2. The predicted molar refractivity (Wildman–Crippen MR) is 188 cm³/mol. The van der Waals surface area contributed by atoms with Gasteiger partial charge in [-0.3, -0.25) is 37.7 Å². The lowest BCUT2D eigenvalue weighted by atomic mass is 9.87. The SMILES string of the molecule is C[C@@H](C(=O)O)C(=O)SCCNC(=O)CCNC(=O)C(O)C(C)(C)COP(=O)(O)OOOP(=O)(O)OOOC[C@H]1O[C@@H](n2cnc3c(N)ncnc32)[C@H](O)[C@@H]1OP(=O)(O)O. The first-order chi connectivity index (χ1) is 27.3. The van der Waals surface area contributed by atoms with Crippen LogP contribution in [0.5, 0.6) is 0 Å². The van der Waals surface area contributed by atoms with Gasteiger partial charge in [0.15, 0.2) is 17.7 Å². The normalized spacial score (nSPS) is 21.6. The van der Waals surface area contributed by atoms with Crippen molar-refractivity contribution in [2.75, 3.05) is 37.8 Å². The van der Waals surface area contributed by atoms with Crippen molar-refractivity contribution >= 4 is 75.1 Å². The van der Waals surface area contributed by atoms with E-state index in [-0.39, 0.29) is 42.2 Å². The number of nitrogens with two attached hydrogens (primary N) is 1. The topological polar surface area (TPSA) is 438 Å². The lowest BCUT2D eigenvalue weighted by Crippen LogP contribution is -2.46. The highest BCUT2D eigenvalue weighted by Crippen LogP contribution is 2.50. The summed E-state index contributed by atoms with van der Waals surface area (Å²) in [6, 6.07) is 0. The van der Waals surface area contributed by atoms with Crippen molar-refractivity contribution in [2.45, 2.75) is 57.8 Å². The molecule has 0 aliphatic carbocycles. The van der Waals surface area contributed by atoms with Gasteiger partial charge in [-0.2, -0.15) is 0 Å². The fourth-order valence-electron chi connectivity index (χ4n) is 4.44. The van der Waals surface area contributed by atoms with Gasteiger partial charge >= 0.3 is 29.4 Å². The van der Waals surface area contributed by atoms with E-state index in [1.54, 1.807) is 0 Å². The first-order valence-electron chi connectivity index (χ1n) is 16.3. The number of phosphoric ester groups is 2. The van der Waals surface area contributed by atoms with Crippen molar-refractivity contribution < 1.29 is 111 Å². The number of phosphoric acid groups is 3. The summed E-state index contributed by atoms with van der Waals surface area (Å²) in [5, 5.41) is 42.0. The van der Waals surface area contributed by atoms with E-state index in [9.17, 15) is 62.7 Å². The van der Waals surface area contributed by atoms with E-state index in [0.717, 1.165) is 29.0 Å². The van der Waals surface area contributed by atoms with E-state index in [2.05, 4.69) is 63.6 Å². The Hall–Kier alpha value is -3.13. The summed E-state index contributed by atoms with van der Waals surface area (Å²) < 4.78 is 63.5. The number of aliphatic carboxylic acids is 1. The van der Waals surface area contributed by atoms with Crippen LogP contribution >= 0.6 is 35.2 Å². The molecule has 3 heterocycles. The predicted octanol–water partition coefficient (Wildman–Crippen LogP) is -1.89. The maximum Gasteiger partial charge on any atom is 0.531 e. The van der Waals surface area contributed by atoms with Crippen molar-refractivity contribution in [2.24, 2.45) is 11.3 Å². The Balaban J connectivity index is 1.38. The first kappa shape index (κ1) is 50.2. The zero-order valence-corrected chi connectivity index (χ0v) is 34.1. The average molecular weight is 932 g/mol. The lowest BCUT2D eigenvalue weighted by molar-refractivity contribution is -0.494. The van der Waals surface area contributed by atoms with Crippen LogP contribution in [0.25, 0.3) is 11.2 Å². The number of thioether (sulfide) groups is 1. The van der Waals surface area contributed by atoms with Crippen LogP contribution < -0.4 is 16.4 Å². The second-order valence-electron chi connectivity index (χ2n) is 12.6. The van der Waals surface area contributed by atoms with E-state index in [1.807, 2.05) is 0 Å². The third-order valence-electron chi connectivity index (χ3n) is 7.52. The number of hydrogen-bond donors (Lipinski definition) is 10. The van der Waals surface area contributed by atoms with Crippen LogP contribution in [0.1, 0.15) is 33.4 Å². The molecule has 3 unspecified atom stereocenters. The maximum atomic E-state index is 12.4. The number of rotatable bonds is 25. The van der Waals surface area contributed by atoms with Crippen LogP contribution in [0, 0.1) is 11.3 Å². The largest absolute Gasteiger partial charge is 0.531 e. The first-order valence-corrected chi connectivity index (χ1v) is 21.8. The zero-order valence-electron chi connectivity index (χ0n) is 30.6. The molecule has 1 saturated heterocycles. The van der Waals surface area contributed by atoms with Crippen LogP contribution in [-0.2, 0) is 75.6 Å². The Labute approximate surface area is 335 Å². The number of anilines is 1. The molecule has 11 N–H and O–H groups in total. The Morgan fingerprint density at radius 1 is 1.02 bits per heavy atom. The van der Waals surface area contributed by atoms with Crippen LogP contribution in [0.2, 0.25) is 0 Å². The smallest absolute Gasteiger partial charge is 0.481 e. The van der Waals surface area contributed by atoms with Gasteiger partial charge in [-0.15, -0.1) is 0 Å². The number of aliphatic hydroxyl groups excluding tert-OH is 2. The summed E-state index contributed by atoms with van der Waals surface area (Å²) in [6.07, 6.45) is -6.65. The minimum atomic E-state index is -5.52. The molecule has 0 radical (unpaired) electrons. The zero-order chi connectivity index (χ0) is 44.3. The number of fused-ring (bicyclic) bond motifs is 1. The highest BCUT2D eigenvalue weighted by atomic mass is 32.2. The number of carbonyl (C=O) groups is 4. The number of carbonyl (C=O) groups excluding carboxylic acids is 3. The molecule has 34 heteroatoms. The summed E-state index contributed by atoms with van der Waals surface area (Å²) in [7, 11) is -16.1. The molecule has 1 aliphatic heterocycles. The summed E-state index contributed by atoms with van der Waals surface area (Å²) >= 11 is 0.724. The molecule has 30 nitrogen and oxygen atoms in total. The molecule has 59 heavy (non-hydrogen) atoms. The van der Waals surface area contributed by atoms with Crippen LogP contribution in [0.3, 0.4) is 0 Å². The second kappa shape index (κ2) is 21.6. The Bertz CT molecular complexity index is 1940. The number of carboxylic acid groups (broad SMARTS) is 1. The van der Waals surface area contributed by atoms with Crippen LogP contribution in [0.4, 0.5) is 5.82 Å². The number of ether oxygens (including phenoxy) is 1. The van der Waals surface area contributed by atoms with Gasteiger partial charge in [0.25, 0.3) is 0 Å². The van der Waals surface area contributed by atoms with Gasteiger partial charge in [0.2, 0.25) is 16.9 Å². The molecule has 2 aromatic heterocycles. The summed E-state index contributed by atoms with van der Waals surface area (Å²) in [6.45, 7) is 1.63. The number of nitrogen functional groups attached to an aromatic ring is 1. The molecule has 334 valence electrons. The van der Waals surface area contributed by atoms with Crippen LogP contribution in [-0.4, -0.2) is 134 Å². The van der Waals surface area contributed by atoms with Crippen molar-refractivity contribution in [3.8, 4) is 0 Å². The quantitative estimate of drug-likeness (QED) is 0.0171. The fraction of sp³-hybridized carbons (Fsp3) is 0.640. The number of imidazole rings is 1. The number of amides is 2. The third-order valence-corrected chi connectivity index (χ3v) is 10.3. The van der Waals surface area contributed by atoms with Gasteiger partial charge < -0.3 is 51.1 Å². The Morgan fingerprint density at radius 2 is 1.68 bits per heavy atom. The molecule has 1 aliphatic rings. The van der Waals surface area contributed by atoms with Gasteiger partial charge in [-0.1, -0.05) is 44.7 Å². The average Bonchev–Trinajstić information content (AvgIpc) is 3.70. The molecule has 2 amide bonds. The van der Waals surface area contributed by atoms with Crippen molar-refractivity contribution in [1.82, 2.24) is 30.2 Å². The number of hydrogen-bond acceptors (Lipinski definition) is 23. The second-order valence-corrected chi connectivity index (χ2v) is 17.4. The van der Waals surface area contributed by atoms with Gasteiger partial charge in [-0.25, -0.2) is 33.5 Å². The summed E-state index contributed by atoms with van der Waals surface area (Å²) in [4.78, 5) is 101. The molecule has 3 rings (SSSR count). The summed E-state index contributed by atoms with van der Waals surface area (Å²) in [5.41, 5.74) is 4.28. The highest BCUT2D eigenvalue weighted by molar-refractivity contribution is 8.13. The molecule has 0 aromatic carbocycles. The number of carboxylic acids is 1. The van der Waals surface area contributed by atoms with Gasteiger partial charge in [0, 0.05) is 30.7 Å². The van der Waals surface area contributed by atoms with E-state index in [1.165, 1.54) is 20.8 Å². The van der Waals surface area contributed by atoms with Gasteiger partial charge in [0.05, 0.1) is 12.9 Å². The van der Waals surface area contributed by atoms with E-state index in [4.69, 9.17) is 15.6 Å². The van der Waals surface area contributed by atoms with E-state index >= 15 is 0 Å². The standard InChI is InChI=1S/C25H40N7O23P3S/c1-12(23(37)38)24(39)59-7-6-27-14(33)4-5-28-21(36)18(35)25(2,3)9-48-57(43,44)54-52-55-58(45,46)53-51-47-8-13-17(50-56(40,41)42)16(34)22(49-13)32-11-31-15-19(26)29-10-30-20(15)32/h10-13,16-18,22,34-35H,4-9H2,1-3H3,(H,27,33)(H,28,36)(H,37,38)(H,43,44)(H,45,46)(H2,26,29,30)(H2,40,41,42)/t12-,13+,16+,17+,18?,22+/m0/s1. The van der Waals surface area contributed by atoms with Gasteiger partial charge in [0.1, 0.15) is 48.8 Å². The molecular weight excluding hydrogens is 891 g/mol. The summed E-state index contributed by atoms with van der Waals surface area (Å²) in [5.74, 6) is -3.99. The van der Waals surface area contributed by atoms with Crippen molar-refractivity contribution in [3.05, 3.63) is 12.7 Å². The van der Waals surface area contributed by atoms with E-state index in [0.29, 0.717) is 0 Å². The molecule has 8 atom stereocenters. The fourth-order valence-corrected chi connectivity index (χ4v) is 6.72. The molecule has 0 saturated carbocycles. The third kappa shape index (κ3) is 15.7. The molecular formula is C25H40N7O23P3S. The minimum absolute atomic E-state index is 0.0260. The van der Waals surface area contributed by atoms with Crippen molar-refractivity contribution in [1.29, 1.82) is 0 Å². The molecule has 0 bridgehead atoms. The molecule has 0 spiro atoms. The Kier molecular flexibility index (Phi) is 18.4. The van der Waals surface area contributed by atoms with E-state index < -0.39 is 102 Å². The maximum absolute atomic E-state index is 12.4. The monoisotopic (exact) mass is 931 g/mol. The number of aliphatic hydroxyl groups is 2. The number of aromatic nitrogens is 4. The van der Waals surface area contributed by atoms with Crippen molar-refractivity contribution in [3.63, 3.8) is 0 Å².